The number of hydrogen-bond donors (Lipinski definition) is 1. The van der Waals surface area contributed by atoms with E-state index in [9.17, 15) is 13.6 Å². The number of hydrogen-bond acceptors (Lipinski definition) is 1. The molecular weight excluding hydrogens is 166 g/mol. The lowest BCUT2D eigenvalue weighted by molar-refractivity contribution is -0.144. The molecule has 4 heteroatoms. The van der Waals surface area contributed by atoms with Gasteiger partial charge in [-0.05, 0) is 25.7 Å². The summed E-state index contributed by atoms with van der Waals surface area (Å²) in [4.78, 5) is 10.4. The minimum absolute atomic E-state index is 0.0421. The molecule has 0 unspecified atom stereocenters. The summed E-state index contributed by atoms with van der Waals surface area (Å²) in [5, 5.41) is 8.56. The Hall–Kier alpha value is -0.670. The number of carbonyl (C=O) groups is 1. The Balaban J connectivity index is 2.44. The maximum absolute atomic E-state index is 13.2. The second kappa shape index (κ2) is 3.37. The molecule has 1 saturated carbocycles. The van der Waals surface area contributed by atoms with Gasteiger partial charge in [-0.3, -0.25) is 4.79 Å². The Bertz CT molecular complexity index is 174. The lowest BCUT2D eigenvalue weighted by atomic mass is 9.81. The molecule has 0 aliphatic heterocycles. The van der Waals surface area contributed by atoms with Crippen LogP contribution in [0.2, 0.25) is 0 Å². The molecular formula is C8H12F2O2. The topological polar surface area (TPSA) is 37.3 Å². The fraction of sp³-hybridized carbons (Fsp3) is 0.875. The van der Waals surface area contributed by atoms with Crippen LogP contribution in [-0.2, 0) is 4.79 Å². The van der Waals surface area contributed by atoms with Gasteiger partial charge in [0.2, 0.25) is 0 Å². The van der Waals surface area contributed by atoms with Crippen molar-refractivity contribution in [3.63, 3.8) is 0 Å². The molecule has 0 saturated heterocycles. The summed E-state index contributed by atoms with van der Waals surface area (Å²) < 4.78 is 25.2. The number of carboxylic acid groups (broad SMARTS) is 1. The molecule has 1 aliphatic rings. The number of alkyl halides is 2. The summed E-state index contributed by atoms with van der Waals surface area (Å²) >= 11 is 0. The monoisotopic (exact) mass is 178 g/mol. The summed E-state index contributed by atoms with van der Waals surface area (Å²) in [6, 6.07) is 0. The number of rotatable bonds is 2. The van der Waals surface area contributed by atoms with Crippen molar-refractivity contribution >= 4 is 5.97 Å². The Morgan fingerprint density at radius 3 is 2.33 bits per heavy atom. The van der Waals surface area contributed by atoms with Crippen LogP contribution in [-0.4, -0.2) is 23.4 Å². The Morgan fingerprint density at radius 2 is 2.00 bits per heavy atom. The maximum Gasteiger partial charge on any atom is 0.306 e. The van der Waals surface area contributed by atoms with Gasteiger partial charge in [0.05, 0.1) is 5.92 Å². The first kappa shape index (κ1) is 9.42. The second-order valence-corrected chi connectivity index (χ2v) is 3.40. The molecule has 1 rings (SSSR count). The molecule has 1 fully saturated rings. The van der Waals surface area contributed by atoms with Crippen LogP contribution in [0, 0.1) is 5.92 Å². The first-order chi connectivity index (χ1) is 5.57. The van der Waals surface area contributed by atoms with Gasteiger partial charge in [-0.1, -0.05) is 0 Å². The van der Waals surface area contributed by atoms with Crippen molar-refractivity contribution in [2.75, 3.05) is 6.67 Å². The highest BCUT2D eigenvalue weighted by Crippen LogP contribution is 2.35. The van der Waals surface area contributed by atoms with E-state index >= 15 is 0 Å². The molecule has 0 aromatic carbocycles. The van der Waals surface area contributed by atoms with Crippen molar-refractivity contribution in [3.05, 3.63) is 0 Å². The molecule has 0 atom stereocenters. The zero-order chi connectivity index (χ0) is 9.19. The van der Waals surface area contributed by atoms with Crippen molar-refractivity contribution in [3.8, 4) is 0 Å². The molecule has 1 aliphatic carbocycles. The van der Waals surface area contributed by atoms with Crippen LogP contribution in [0.4, 0.5) is 8.78 Å². The molecule has 12 heavy (non-hydrogen) atoms. The standard InChI is InChI=1S/C8H12F2O2/c9-5-8(10)3-1-6(2-4-8)7(11)12/h6H,1-5H2,(H,11,12). The molecule has 0 heterocycles. The summed E-state index contributed by atoms with van der Waals surface area (Å²) in [6.07, 6.45) is 0.604. The predicted octanol–water partition coefficient (Wildman–Crippen LogP) is 1.94. The van der Waals surface area contributed by atoms with Crippen LogP contribution in [0.1, 0.15) is 25.7 Å². The van der Waals surface area contributed by atoms with Crippen molar-refractivity contribution < 1.29 is 18.7 Å². The highest BCUT2D eigenvalue weighted by molar-refractivity contribution is 5.70. The molecule has 0 aromatic rings. The van der Waals surface area contributed by atoms with Crippen molar-refractivity contribution in [2.45, 2.75) is 31.4 Å². The summed E-state index contributed by atoms with van der Waals surface area (Å²) in [5.74, 6) is -1.36. The second-order valence-electron chi connectivity index (χ2n) is 3.40. The van der Waals surface area contributed by atoms with Gasteiger partial charge in [-0.25, -0.2) is 8.78 Å². The highest BCUT2D eigenvalue weighted by atomic mass is 19.2. The smallest absolute Gasteiger partial charge is 0.306 e. The lowest BCUT2D eigenvalue weighted by Crippen LogP contribution is -2.33. The third-order valence-corrected chi connectivity index (χ3v) is 2.47. The van der Waals surface area contributed by atoms with Gasteiger partial charge in [0.15, 0.2) is 0 Å². The van der Waals surface area contributed by atoms with Gasteiger partial charge in [-0.2, -0.15) is 0 Å². The van der Waals surface area contributed by atoms with Crippen molar-refractivity contribution in [2.24, 2.45) is 5.92 Å². The van der Waals surface area contributed by atoms with E-state index in [4.69, 9.17) is 5.11 Å². The zero-order valence-corrected chi connectivity index (χ0v) is 6.72. The lowest BCUT2D eigenvalue weighted by Gasteiger charge is -2.29. The van der Waals surface area contributed by atoms with E-state index in [-0.39, 0.29) is 25.7 Å². The van der Waals surface area contributed by atoms with E-state index in [0.29, 0.717) is 0 Å². The Labute approximate surface area is 69.6 Å². The van der Waals surface area contributed by atoms with Crippen molar-refractivity contribution in [1.82, 2.24) is 0 Å². The highest BCUT2D eigenvalue weighted by Gasteiger charge is 2.37. The van der Waals surface area contributed by atoms with Gasteiger partial charge in [0.1, 0.15) is 12.3 Å². The molecule has 70 valence electrons. The maximum atomic E-state index is 13.2. The van der Waals surface area contributed by atoms with Gasteiger partial charge < -0.3 is 5.11 Å². The molecule has 1 N–H and O–H groups in total. The molecule has 0 spiro atoms. The van der Waals surface area contributed by atoms with Gasteiger partial charge >= 0.3 is 5.97 Å². The van der Waals surface area contributed by atoms with Crippen molar-refractivity contribution in [1.29, 1.82) is 0 Å². The van der Waals surface area contributed by atoms with Crippen LogP contribution < -0.4 is 0 Å². The number of carboxylic acids is 1. The number of halogens is 2. The van der Waals surface area contributed by atoms with E-state index in [1.54, 1.807) is 0 Å². The van der Waals surface area contributed by atoms with Gasteiger partial charge in [-0.15, -0.1) is 0 Å². The van der Waals surface area contributed by atoms with E-state index < -0.39 is 24.2 Å². The first-order valence-electron chi connectivity index (χ1n) is 4.05. The average Bonchev–Trinajstić information content (AvgIpc) is 2.05. The summed E-state index contributed by atoms with van der Waals surface area (Å²) in [5.41, 5.74) is -1.74. The van der Waals surface area contributed by atoms with Crippen LogP contribution in [0.3, 0.4) is 0 Å². The third-order valence-electron chi connectivity index (χ3n) is 2.47. The van der Waals surface area contributed by atoms with E-state index in [1.165, 1.54) is 0 Å². The quantitative estimate of drug-likeness (QED) is 0.701. The van der Waals surface area contributed by atoms with Crippen LogP contribution in [0.25, 0.3) is 0 Å². The van der Waals surface area contributed by atoms with Crippen LogP contribution in [0.5, 0.6) is 0 Å². The molecule has 0 bridgehead atoms. The molecule has 0 aromatic heterocycles. The molecule has 2 nitrogen and oxygen atoms in total. The molecule has 0 radical (unpaired) electrons. The Morgan fingerprint density at radius 1 is 1.50 bits per heavy atom. The fourth-order valence-corrected chi connectivity index (χ4v) is 1.52. The minimum atomic E-state index is -1.74. The molecule has 0 amide bonds. The normalized spacial score (nSPS) is 36.3. The predicted molar refractivity (Wildman–Crippen MR) is 39.4 cm³/mol. The third kappa shape index (κ3) is 1.93. The van der Waals surface area contributed by atoms with Gasteiger partial charge in [0.25, 0.3) is 0 Å². The van der Waals surface area contributed by atoms with E-state index in [0.717, 1.165) is 0 Å². The fourth-order valence-electron chi connectivity index (χ4n) is 1.52. The Kier molecular flexibility index (Phi) is 2.65. The first-order valence-corrected chi connectivity index (χ1v) is 4.05. The van der Waals surface area contributed by atoms with E-state index in [1.807, 2.05) is 0 Å². The summed E-state index contributed by atoms with van der Waals surface area (Å²) in [7, 11) is 0. The van der Waals surface area contributed by atoms with Crippen LogP contribution in [0.15, 0.2) is 0 Å². The largest absolute Gasteiger partial charge is 0.481 e. The zero-order valence-electron chi connectivity index (χ0n) is 6.72. The van der Waals surface area contributed by atoms with Gasteiger partial charge in [0, 0.05) is 0 Å². The van der Waals surface area contributed by atoms with Crippen LogP contribution >= 0.6 is 0 Å². The average molecular weight is 178 g/mol. The SMILES string of the molecule is O=C(O)C1CCC(F)(CF)CC1. The van der Waals surface area contributed by atoms with E-state index in [2.05, 4.69) is 0 Å². The summed E-state index contributed by atoms with van der Waals surface area (Å²) in [6.45, 7) is -0.987. The number of aliphatic carboxylic acids is 1. The minimum Gasteiger partial charge on any atom is -0.481 e.